The SMILES string of the molecule is CCCCC(=O)N(c1c(C)cccc1C)C1COC(=O)C1. The second kappa shape index (κ2) is 6.74. The first-order valence-electron chi connectivity index (χ1n) is 7.58. The van der Waals surface area contributed by atoms with Crippen LogP contribution in [-0.4, -0.2) is 24.5 Å². The molecule has 4 nitrogen and oxygen atoms in total. The van der Waals surface area contributed by atoms with Gasteiger partial charge in [0.15, 0.2) is 0 Å². The molecule has 1 aliphatic heterocycles. The smallest absolute Gasteiger partial charge is 0.308 e. The molecule has 1 aromatic rings. The number of hydrogen-bond acceptors (Lipinski definition) is 3. The predicted octanol–water partition coefficient (Wildman–Crippen LogP) is 3.14. The van der Waals surface area contributed by atoms with Crippen molar-refractivity contribution in [3.05, 3.63) is 29.3 Å². The summed E-state index contributed by atoms with van der Waals surface area (Å²) in [5.41, 5.74) is 3.04. The van der Waals surface area contributed by atoms with Crippen molar-refractivity contribution < 1.29 is 14.3 Å². The molecule has 0 spiro atoms. The van der Waals surface area contributed by atoms with E-state index in [9.17, 15) is 9.59 Å². The Morgan fingerprint density at radius 2 is 2.00 bits per heavy atom. The molecular formula is C17H23NO3. The van der Waals surface area contributed by atoms with Crippen LogP contribution >= 0.6 is 0 Å². The van der Waals surface area contributed by atoms with Crippen LogP contribution in [0, 0.1) is 13.8 Å². The van der Waals surface area contributed by atoms with Gasteiger partial charge in [-0.3, -0.25) is 9.59 Å². The highest BCUT2D eigenvalue weighted by Gasteiger charge is 2.34. The lowest BCUT2D eigenvalue weighted by Crippen LogP contribution is -2.41. The number of para-hydroxylation sites is 1. The van der Waals surface area contributed by atoms with Gasteiger partial charge in [-0.25, -0.2) is 0 Å². The summed E-state index contributed by atoms with van der Waals surface area (Å²) in [7, 11) is 0. The number of cyclic esters (lactones) is 1. The standard InChI is InChI=1S/C17H23NO3/c1-4-5-9-15(19)18(14-10-16(20)21-11-14)17-12(2)7-6-8-13(17)3/h6-8,14H,4-5,9-11H2,1-3H3. The number of ether oxygens (including phenoxy) is 1. The van der Waals surface area contributed by atoms with E-state index in [4.69, 9.17) is 4.74 Å². The Balaban J connectivity index is 2.35. The van der Waals surface area contributed by atoms with Crippen molar-refractivity contribution in [1.29, 1.82) is 0 Å². The Hall–Kier alpha value is -1.84. The Morgan fingerprint density at radius 1 is 1.33 bits per heavy atom. The third-order valence-corrected chi connectivity index (χ3v) is 3.90. The lowest BCUT2D eigenvalue weighted by molar-refractivity contribution is -0.138. The summed E-state index contributed by atoms with van der Waals surface area (Å²) >= 11 is 0. The van der Waals surface area contributed by atoms with E-state index in [2.05, 4.69) is 6.92 Å². The molecule has 1 saturated heterocycles. The van der Waals surface area contributed by atoms with E-state index in [-0.39, 0.29) is 24.3 Å². The van der Waals surface area contributed by atoms with Gasteiger partial charge in [0.05, 0.1) is 12.5 Å². The number of amides is 1. The maximum Gasteiger partial charge on any atom is 0.308 e. The number of carbonyl (C=O) groups excluding carboxylic acids is 2. The Morgan fingerprint density at radius 3 is 2.52 bits per heavy atom. The van der Waals surface area contributed by atoms with Gasteiger partial charge in [-0.2, -0.15) is 0 Å². The van der Waals surface area contributed by atoms with Crippen LogP contribution in [0.15, 0.2) is 18.2 Å². The number of carbonyl (C=O) groups is 2. The number of aryl methyl sites for hydroxylation is 2. The van der Waals surface area contributed by atoms with Gasteiger partial charge in [0.2, 0.25) is 5.91 Å². The average Bonchev–Trinajstić information content (AvgIpc) is 2.86. The molecular weight excluding hydrogens is 266 g/mol. The van der Waals surface area contributed by atoms with Gasteiger partial charge in [-0.05, 0) is 31.4 Å². The van der Waals surface area contributed by atoms with Crippen LogP contribution < -0.4 is 4.90 Å². The van der Waals surface area contributed by atoms with Gasteiger partial charge < -0.3 is 9.64 Å². The number of nitrogens with zero attached hydrogens (tertiary/aromatic N) is 1. The summed E-state index contributed by atoms with van der Waals surface area (Å²) < 4.78 is 5.07. The molecule has 114 valence electrons. The zero-order chi connectivity index (χ0) is 15.4. The van der Waals surface area contributed by atoms with E-state index < -0.39 is 0 Å². The molecule has 21 heavy (non-hydrogen) atoms. The second-order valence-corrected chi connectivity index (χ2v) is 5.65. The van der Waals surface area contributed by atoms with Gasteiger partial charge in [-0.1, -0.05) is 31.5 Å². The van der Waals surface area contributed by atoms with Crippen LogP contribution in [0.25, 0.3) is 0 Å². The van der Waals surface area contributed by atoms with Gasteiger partial charge in [0, 0.05) is 12.1 Å². The lowest BCUT2D eigenvalue weighted by Gasteiger charge is -2.30. The Labute approximate surface area is 126 Å². The van der Waals surface area contributed by atoms with Crippen LogP contribution in [0.2, 0.25) is 0 Å². The molecule has 0 aliphatic carbocycles. The zero-order valence-corrected chi connectivity index (χ0v) is 13.0. The molecule has 1 amide bonds. The van der Waals surface area contributed by atoms with Crippen molar-refractivity contribution in [3.63, 3.8) is 0 Å². The number of esters is 1. The van der Waals surface area contributed by atoms with Crippen molar-refractivity contribution in [1.82, 2.24) is 0 Å². The number of anilines is 1. The van der Waals surface area contributed by atoms with Crippen LogP contribution in [0.5, 0.6) is 0 Å². The predicted molar refractivity (Wildman–Crippen MR) is 82.3 cm³/mol. The molecule has 2 rings (SSSR count). The fourth-order valence-electron chi connectivity index (χ4n) is 2.81. The molecule has 0 radical (unpaired) electrons. The highest BCUT2D eigenvalue weighted by Crippen LogP contribution is 2.30. The van der Waals surface area contributed by atoms with E-state index in [1.54, 1.807) is 4.90 Å². The molecule has 1 aromatic carbocycles. The maximum atomic E-state index is 12.7. The second-order valence-electron chi connectivity index (χ2n) is 5.65. The van der Waals surface area contributed by atoms with Crippen molar-refractivity contribution >= 4 is 17.6 Å². The molecule has 1 atom stereocenters. The third-order valence-electron chi connectivity index (χ3n) is 3.90. The molecule has 0 bridgehead atoms. The Bertz CT molecular complexity index is 519. The topological polar surface area (TPSA) is 46.6 Å². The summed E-state index contributed by atoms with van der Waals surface area (Å²) in [6.45, 7) is 6.36. The maximum absolute atomic E-state index is 12.7. The minimum absolute atomic E-state index is 0.0811. The van der Waals surface area contributed by atoms with Crippen molar-refractivity contribution in [2.45, 2.75) is 52.5 Å². The molecule has 1 fully saturated rings. The van der Waals surface area contributed by atoms with Crippen LogP contribution in [0.3, 0.4) is 0 Å². The van der Waals surface area contributed by atoms with E-state index >= 15 is 0 Å². The fourth-order valence-corrected chi connectivity index (χ4v) is 2.81. The summed E-state index contributed by atoms with van der Waals surface area (Å²) in [6.07, 6.45) is 2.63. The van der Waals surface area contributed by atoms with Crippen molar-refractivity contribution in [2.24, 2.45) is 0 Å². The fraction of sp³-hybridized carbons (Fsp3) is 0.529. The Kier molecular flexibility index (Phi) is 4.99. The molecule has 1 heterocycles. The van der Waals surface area contributed by atoms with Gasteiger partial charge in [-0.15, -0.1) is 0 Å². The number of hydrogen-bond donors (Lipinski definition) is 0. The third kappa shape index (κ3) is 3.43. The van der Waals surface area contributed by atoms with Crippen LogP contribution in [0.4, 0.5) is 5.69 Å². The van der Waals surface area contributed by atoms with Gasteiger partial charge >= 0.3 is 5.97 Å². The first kappa shape index (κ1) is 15.5. The van der Waals surface area contributed by atoms with Crippen LogP contribution in [-0.2, 0) is 14.3 Å². The van der Waals surface area contributed by atoms with Crippen LogP contribution in [0.1, 0.15) is 43.7 Å². The summed E-state index contributed by atoms with van der Waals surface area (Å²) in [6, 6.07) is 5.81. The van der Waals surface area contributed by atoms with Gasteiger partial charge in [0.25, 0.3) is 0 Å². The zero-order valence-electron chi connectivity index (χ0n) is 13.0. The summed E-state index contributed by atoms with van der Waals surface area (Å²) in [5.74, 6) is -0.142. The molecule has 0 N–H and O–H groups in total. The van der Waals surface area contributed by atoms with Gasteiger partial charge in [0.1, 0.15) is 6.61 Å². The van der Waals surface area contributed by atoms with E-state index in [0.717, 1.165) is 29.7 Å². The first-order valence-corrected chi connectivity index (χ1v) is 7.58. The van der Waals surface area contributed by atoms with Crippen molar-refractivity contribution in [2.75, 3.05) is 11.5 Å². The van der Waals surface area contributed by atoms with E-state index in [1.807, 2.05) is 32.0 Å². The van der Waals surface area contributed by atoms with Crippen molar-refractivity contribution in [3.8, 4) is 0 Å². The highest BCUT2D eigenvalue weighted by atomic mass is 16.5. The quantitative estimate of drug-likeness (QED) is 0.782. The molecule has 4 heteroatoms. The summed E-state index contributed by atoms with van der Waals surface area (Å²) in [4.78, 5) is 25.9. The van der Waals surface area contributed by atoms with E-state index in [1.165, 1.54) is 0 Å². The highest BCUT2D eigenvalue weighted by molar-refractivity contribution is 5.96. The molecule has 1 aliphatic rings. The number of unbranched alkanes of at least 4 members (excludes halogenated alkanes) is 1. The average molecular weight is 289 g/mol. The minimum Gasteiger partial charge on any atom is -0.463 e. The molecule has 0 saturated carbocycles. The normalized spacial score (nSPS) is 17.7. The number of benzene rings is 1. The number of rotatable bonds is 5. The molecule has 0 aromatic heterocycles. The minimum atomic E-state index is -0.223. The lowest BCUT2D eigenvalue weighted by atomic mass is 10.0. The first-order chi connectivity index (χ1) is 10.0. The molecule has 1 unspecified atom stereocenters. The van der Waals surface area contributed by atoms with E-state index in [0.29, 0.717) is 13.0 Å². The largest absolute Gasteiger partial charge is 0.463 e. The summed E-state index contributed by atoms with van der Waals surface area (Å²) in [5, 5.41) is 0. The monoisotopic (exact) mass is 289 g/mol.